The van der Waals surface area contributed by atoms with Crippen molar-refractivity contribution in [2.24, 2.45) is 0 Å². The molecule has 0 spiro atoms. The van der Waals surface area contributed by atoms with Crippen LogP contribution in [0.25, 0.3) is 4.85 Å². The average molecular weight is 315 g/mol. The fraction of sp³-hybridized carbons (Fsp3) is 0.471. The maximum Gasteiger partial charge on any atom is 0.410 e. The smallest absolute Gasteiger partial charge is 0.410 e. The number of benzene rings is 1. The van der Waals surface area contributed by atoms with Crippen LogP contribution in [0.1, 0.15) is 26.3 Å². The molecule has 0 bridgehead atoms. The zero-order valence-electron chi connectivity index (χ0n) is 13.7. The van der Waals surface area contributed by atoms with E-state index in [9.17, 15) is 9.59 Å². The molecule has 1 aliphatic heterocycles. The van der Waals surface area contributed by atoms with E-state index >= 15 is 0 Å². The summed E-state index contributed by atoms with van der Waals surface area (Å²) in [7, 11) is 0. The van der Waals surface area contributed by atoms with Crippen molar-refractivity contribution in [2.75, 3.05) is 19.6 Å². The molecule has 2 rings (SSSR count). The van der Waals surface area contributed by atoms with Gasteiger partial charge in [-0.25, -0.2) is 9.64 Å². The van der Waals surface area contributed by atoms with Gasteiger partial charge in [0.05, 0.1) is 6.57 Å². The zero-order chi connectivity index (χ0) is 17.0. The highest BCUT2D eigenvalue weighted by Crippen LogP contribution is 2.16. The standard InChI is InChI=1S/C17H21N3O3/c1-17(2,3)23-16(22)20-10-9-19(15(21)12-20)11-13-5-7-14(18-4)8-6-13/h5-8H,9-12H2,1-3H3. The molecule has 0 radical (unpaired) electrons. The average Bonchev–Trinajstić information content (AvgIpc) is 2.48. The third kappa shape index (κ3) is 4.71. The van der Waals surface area contributed by atoms with Crippen LogP contribution >= 0.6 is 0 Å². The molecule has 1 aliphatic rings. The molecule has 23 heavy (non-hydrogen) atoms. The van der Waals surface area contributed by atoms with Crippen LogP contribution < -0.4 is 0 Å². The third-order valence-corrected chi connectivity index (χ3v) is 3.41. The predicted octanol–water partition coefficient (Wildman–Crippen LogP) is 2.82. The molecule has 1 saturated heterocycles. The fourth-order valence-corrected chi connectivity index (χ4v) is 2.25. The Bertz CT molecular complexity index is 626. The van der Waals surface area contributed by atoms with Gasteiger partial charge >= 0.3 is 6.09 Å². The molecular formula is C17H21N3O3. The van der Waals surface area contributed by atoms with Crippen molar-refractivity contribution < 1.29 is 14.3 Å². The lowest BCUT2D eigenvalue weighted by Gasteiger charge is -2.35. The molecule has 122 valence electrons. The van der Waals surface area contributed by atoms with Crippen LogP contribution in [0, 0.1) is 6.57 Å². The normalized spacial score (nSPS) is 15.3. The maximum atomic E-state index is 12.2. The lowest BCUT2D eigenvalue weighted by molar-refractivity contribution is -0.136. The third-order valence-electron chi connectivity index (χ3n) is 3.41. The van der Waals surface area contributed by atoms with E-state index < -0.39 is 11.7 Å². The number of amides is 2. The first-order valence-electron chi connectivity index (χ1n) is 7.50. The molecule has 0 N–H and O–H groups in total. The fourth-order valence-electron chi connectivity index (χ4n) is 2.25. The Labute approximate surface area is 136 Å². The summed E-state index contributed by atoms with van der Waals surface area (Å²) in [5, 5.41) is 0. The summed E-state index contributed by atoms with van der Waals surface area (Å²) in [4.78, 5) is 30.7. The van der Waals surface area contributed by atoms with E-state index in [1.54, 1.807) is 37.8 Å². The molecule has 1 aromatic carbocycles. The first-order valence-corrected chi connectivity index (χ1v) is 7.50. The molecule has 1 heterocycles. The van der Waals surface area contributed by atoms with Crippen LogP contribution in [0.15, 0.2) is 24.3 Å². The van der Waals surface area contributed by atoms with Gasteiger partial charge in [0.25, 0.3) is 0 Å². The van der Waals surface area contributed by atoms with Gasteiger partial charge in [0.2, 0.25) is 5.91 Å². The summed E-state index contributed by atoms with van der Waals surface area (Å²) in [6.45, 7) is 13.8. The molecule has 0 aromatic heterocycles. The highest BCUT2D eigenvalue weighted by atomic mass is 16.6. The van der Waals surface area contributed by atoms with Gasteiger partial charge in [-0.3, -0.25) is 9.69 Å². The second-order valence-corrected chi connectivity index (χ2v) is 6.50. The van der Waals surface area contributed by atoms with E-state index in [0.717, 1.165) is 5.56 Å². The second-order valence-electron chi connectivity index (χ2n) is 6.50. The molecule has 0 unspecified atom stereocenters. The minimum absolute atomic E-state index is 0.0368. The molecule has 1 fully saturated rings. The van der Waals surface area contributed by atoms with Crippen LogP contribution in [0.3, 0.4) is 0 Å². The summed E-state index contributed by atoms with van der Waals surface area (Å²) in [6, 6.07) is 7.18. The summed E-state index contributed by atoms with van der Waals surface area (Å²) in [5.41, 5.74) is 0.980. The Kier molecular flexibility index (Phi) is 4.89. The van der Waals surface area contributed by atoms with Gasteiger partial charge in [-0.1, -0.05) is 24.3 Å². The minimum Gasteiger partial charge on any atom is -0.444 e. The molecule has 0 aliphatic carbocycles. The Balaban J connectivity index is 1.92. The monoisotopic (exact) mass is 315 g/mol. The van der Waals surface area contributed by atoms with Crippen molar-refractivity contribution in [3.63, 3.8) is 0 Å². The van der Waals surface area contributed by atoms with Crippen molar-refractivity contribution in [3.05, 3.63) is 41.2 Å². The quantitative estimate of drug-likeness (QED) is 0.789. The second kappa shape index (κ2) is 6.69. The number of rotatable bonds is 2. The van der Waals surface area contributed by atoms with E-state index in [0.29, 0.717) is 25.3 Å². The lowest BCUT2D eigenvalue weighted by atomic mass is 10.2. The van der Waals surface area contributed by atoms with E-state index in [4.69, 9.17) is 11.3 Å². The largest absolute Gasteiger partial charge is 0.444 e. The summed E-state index contributed by atoms with van der Waals surface area (Å²) >= 11 is 0. The highest BCUT2D eigenvalue weighted by molar-refractivity contribution is 5.83. The number of carbonyl (C=O) groups is 2. The van der Waals surface area contributed by atoms with E-state index in [2.05, 4.69) is 4.85 Å². The molecular weight excluding hydrogens is 294 g/mol. The summed E-state index contributed by atoms with van der Waals surface area (Å²) in [6.07, 6.45) is -0.452. The Morgan fingerprint density at radius 1 is 1.26 bits per heavy atom. The number of piperazine rings is 1. The number of carbonyl (C=O) groups excluding carboxylic acids is 2. The van der Waals surface area contributed by atoms with E-state index in [1.807, 2.05) is 12.1 Å². The number of ether oxygens (including phenoxy) is 1. The number of nitrogens with zero attached hydrogens (tertiary/aromatic N) is 3. The van der Waals surface area contributed by atoms with Crippen molar-refractivity contribution >= 4 is 17.7 Å². The first kappa shape index (κ1) is 16.8. The van der Waals surface area contributed by atoms with Crippen LogP contribution in [-0.2, 0) is 16.1 Å². The SMILES string of the molecule is [C-]#[N+]c1ccc(CN2CCN(C(=O)OC(C)(C)C)CC2=O)cc1. The predicted molar refractivity (Wildman–Crippen MR) is 85.9 cm³/mol. The van der Waals surface area contributed by atoms with Gasteiger partial charge < -0.3 is 9.64 Å². The Morgan fingerprint density at radius 2 is 1.91 bits per heavy atom. The van der Waals surface area contributed by atoms with Gasteiger partial charge in [-0.05, 0) is 26.3 Å². The molecule has 0 saturated carbocycles. The van der Waals surface area contributed by atoms with Crippen molar-refractivity contribution in [3.8, 4) is 0 Å². The summed E-state index contributed by atoms with van der Waals surface area (Å²) < 4.78 is 5.29. The van der Waals surface area contributed by atoms with Gasteiger partial charge in [0.15, 0.2) is 5.69 Å². The van der Waals surface area contributed by atoms with Crippen LogP contribution in [0.2, 0.25) is 0 Å². The van der Waals surface area contributed by atoms with E-state index in [1.165, 1.54) is 4.90 Å². The number of hydrogen-bond donors (Lipinski definition) is 0. The highest BCUT2D eigenvalue weighted by Gasteiger charge is 2.30. The molecule has 6 nitrogen and oxygen atoms in total. The van der Waals surface area contributed by atoms with Crippen molar-refractivity contribution in [1.82, 2.24) is 9.80 Å². The topological polar surface area (TPSA) is 54.2 Å². The Hall–Kier alpha value is -2.55. The van der Waals surface area contributed by atoms with Gasteiger partial charge in [0.1, 0.15) is 12.1 Å². The van der Waals surface area contributed by atoms with Crippen molar-refractivity contribution in [2.45, 2.75) is 32.9 Å². The van der Waals surface area contributed by atoms with E-state index in [-0.39, 0.29) is 12.5 Å². The van der Waals surface area contributed by atoms with Crippen molar-refractivity contribution in [1.29, 1.82) is 0 Å². The van der Waals surface area contributed by atoms with Crippen LogP contribution in [0.4, 0.5) is 10.5 Å². The number of hydrogen-bond acceptors (Lipinski definition) is 3. The van der Waals surface area contributed by atoms with Crippen LogP contribution in [-0.4, -0.2) is 47.0 Å². The minimum atomic E-state index is -0.568. The van der Waals surface area contributed by atoms with Gasteiger partial charge in [-0.15, -0.1) is 0 Å². The van der Waals surface area contributed by atoms with Gasteiger partial charge in [-0.2, -0.15) is 0 Å². The maximum absolute atomic E-state index is 12.2. The Morgan fingerprint density at radius 3 is 2.43 bits per heavy atom. The summed E-state index contributed by atoms with van der Waals surface area (Å²) in [5.74, 6) is -0.101. The molecule has 1 aromatic rings. The zero-order valence-corrected chi connectivity index (χ0v) is 13.7. The van der Waals surface area contributed by atoms with Crippen LogP contribution in [0.5, 0.6) is 0 Å². The van der Waals surface area contributed by atoms with Gasteiger partial charge in [0, 0.05) is 19.6 Å². The molecule has 0 atom stereocenters. The molecule has 6 heteroatoms. The lowest BCUT2D eigenvalue weighted by Crippen LogP contribution is -2.52. The first-order chi connectivity index (χ1) is 10.8. The molecule has 2 amide bonds.